The number of nitrogens with one attached hydrogen (secondary N) is 1. The van der Waals surface area contributed by atoms with Crippen LogP contribution in [0.3, 0.4) is 0 Å². The number of hydrogen-bond acceptors (Lipinski definition) is 4. The molecule has 1 fully saturated rings. The Morgan fingerprint density at radius 3 is 2.76 bits per heavy atom. The quantitative estimate of drug-likeness (QED) is 0.762. The molecule has 1 aromatic carbocycles. The first-order valence-corrected chi connectivity index (χ1v) is 8.79. The van der Waals surface area contributed by atoms with Crippen molar-refractivity contribution in [1.29, 1.82) is 0 Å². The normalized spacial score (nSPS) is 13.8. The summed E-state index contributed by atoms with van der Waals surface area (Å²) in [6.07, 6.45) is 1.87. The molecule has 1 N–H and O–H groups in total. The van der Waals surface area contributed by atoms with Crippen LogP contribution in [0.4, 0.5) is 10.1 Å². The number of para-hydroxylation sites is 1. The molecule has 0 aliphatic heterocycles. The number of hydrogen-bond donors (Lipinski definition) is 1. The number of rotatable bonds is 5. The highest BCUT2D eigenvalue weighted by atomic mass is 32.1. The lowest BCUT2D eigenvalue weighted by atomic mass is 10.3. The molecule has 6 nitrogen and oxygen atoms in total. The third-order valence-corrected chi connectivity index (χ3v) is 4.83. The first kappa shape index (κ1) is 15.8. The van der Waals surface area contributed by atoms with Crippen molar-refractivity contribution >= 4 is 22.9 Å². The first-order valence-electron chi connectivity index (χ1n) is 7.91. The molecule has 1 amide bonds. The number of nitrogens with zero attached hydrogens (tertiary/aromatic N) is 3. The van der Waals surface area contributed by atoms with Gasteiger partial charge < -0.3 is 5.32 Å². The maximum absolute atomic E-state index is 13.6. The summed E-state index contributed by atoms with van der Waals surface area (Å²) in [5, 5.41) is 8.73. The van der Waals surface area contributed by atoms with Crippen molar-refractivity contribution in [3.05, 3.63) is 58.1 Å². The van der Waals surface area contributed by atoms with E-state index in [-0.39, 0.29) is 24.0 Å². The molecule has 0 spiro atoms. The lowest BCUT2D eigenvalue weighted by Gasteiger charge is -2.05. The van der Waals surface area contributed by atoms with Gasteiger partial charge >= 0.3 is 5.69 Å². The number of benzene rings is 1. The number of halogens is 1. The number of carbonyl (C=O) groups excluding carboxylic acids is 1. The van der Waals surface area contributed by atoms with E-state index < -0.39 is 11.7 Å². The Morgan fingerprint density at radius 2 is 2.08 bits per heavy atom. The summed E-state index contributed by atoms with van der Waals surface area (Å²) in [6.45, 7) is -0.259. The van der Waals surface area contributed by atoms with Crippen LogP contribution in [0.15, 0.2) is 46.6 Å². The summed E-state index contributed by atoms with van der Waals surface area (Å²) in [5.74, 6) is -0.433. The molecule has 0 atom stereocenters. The van der Waals surface area contributed by atoms with Crippen molar-refractivity contribution in [2.75, 3.05) is 5.32 Å². The average Bonchev–Trinajstić information content (AvgIpc) is 3.17. The van der Waals surface area contributed by atoms with Crippen LogP contribution in [0, 0.1) is 5.82 Å². The maximum atomic E-state index is 13.6. The van der Waals surface area contributed by atoms with Gasteiger partial charge in [-0.25, -0.2) is 13.9 Å². The highest BCUT2D eigenvalue weighted by Gasteiger charge is 2.31. The van der Waals surface area contributed by atoms with Crippen LogP contribution in [0.5, 0.6) is 0 Å². The van der Waals surface area contributed by atoms with Gasteiger partial charge in [0, 0.05) is 6.04 Å². The van der Waals surface area contributed by atoms with Crippen molar-refractivity contribution in [2.24, 2.45) is 0 Å². The van der Waals surface area contributed by atoms with Gasteiger partial charge in [0.05, 0.1) is 10.6 Å². The number of amides is 1. The van der Waals surface area contributed by atoms with Crippen LogP contribution < -0.4 is 11.0 Å². The summed E-state index contributed by atoms with van der Waals surface area (Å²) < 4.78 is 16.4. The van der Waals surface area contributed by atoms with Crippen LogP contribution in [-0.2, 0) is 11.3 Å². The van der Waals surface area contributed by atoms with Crippen LogP contribution in [0.25, 0.3) is 10.7 Å². The summed E-state index contributed by atoms with van der Waals surface area (Å²) >= 11 is 1.50. The van der Waals surface area contributed by atoms with Gasteiger partial charge in [0.25, 0.3) is 0 Å². The summed E-state index contributed by atoms with van der Waals surface area (Å²) in [4.78, 5) is 25.7. The fourth-order valence-electron chi connectivity index (χ4n) is 2.65. The van der Waals surface area contributed by atoms with E-state index in [2.05, 4.69) is 10.4 Å². The Bertz CT molecular complexity index is 973. The van der Waals surface area contributed by atoms with E-state index in [9.17, 15) is 14.0 Å². The number of anilines is 1. The SMILES string of the molecule is O=C(Cn1nc(-c2cccs2)n(C2CC2)c1=O)Nc1ccccc1F. The molecule has 0 radical (unpaired) electrons. The smallest absolute Gasteiger partial charge is 0.322 e. The third kappa shape index (κ3) is 3.12. The molecule has 1 aliphatic rings. The van der Waals surface area contributed by atoms with Gasteiger partial charge in [-0.2, -0.15) is 0 Å². The van der Waals surface area contributed by atoms with Crippen LogP contribution >= 0.6 is 11.3 Å². The second-order valence-electron chi connectivity index (χ2n) is 5.87. The third-order valence-electron chi connectivity index (χ3n) is 3.97. The molecular weight excluding hydrogens is 343 g/mol. The Hall–Kier alpha value is -2.74. The number of aromatic nitrogens is 3. The average molecular weight is 358 g/mol. The summed E-state index contributed by atoms with van der Waals surface area (Å²) in [7, 11) is 0. The molecule has 2 aromatic heterocycles. The van der Waals surface area contributed by atoms with Crippen molar-refractivity contribution in [1.82, 2.24) is 14.3 Å². The zero-order chi connectivity index (χ0) is 17.4. The highest BCUT2D eigenvalue weighted by Crippen LogP contribution is 2.37. The Balaban J connectivity index is 1.61. The van der Waals surface area contributed by atoms with E-state index >= 15 is 0 Å². The van der Waals surface area contributed by atoms with Crippen molar-refractivity contribution < 1.29 is 9.18 Å². The van der Waals surface area contributed by atoms with Gasteiger partial charge in [0.15, 0.2) is 5.82 Å². The number of thiophene rings is 1. The van der Waals surface area contributed by atoms with Gasteiger partial charge in [-0.3, -0.25) is 9.36 Å². The Labute approximate surface area is 146 Å². The second-order valence-corrected chi connectivity index (χ2v) is 6.82. The second kappa shape index (κ2) is 6.29. The monoisotopic (exact) mass is 358 g/mol. The minimum absolute atomic E-state index is 0.0839. The van der Waals surface area contributed by atoms with E-state index in [0.29, 0.717) is 5.82 Å². The molecule has 2 heterocycles. The molecule has 0 bridgehead atoms. The van der Waals surface area contributed by atoms with E-state index in [0.717, 1.165) is 22.4 Å². The molecule has 3 aromatic rings. The Kier molecular flexibility index (Phi) is 3.96. The maximum Gasteiger partial charge on any atom is 0.346 e. The lowest BCUT2D eigenvalue weighted by molar-refractivity contribution is -0.117. The van der Waals surface area contributed by atoms with Crippen LogP contribution in [0.2, 0.25) is 0 Å². The molecule has 0 unspecified atom stereocenters. The van der Waals surface area contributed by atoms with E-state index in [1.165, 1.54) is 23.5 Å². The zero-order valence-corrected chi connectivity index (χ0v) is 14.0. The molecule has 4 rings (SSSR count). The molecule has 8 heteroatoms. The molecular formula is C17H15FN4O2S. The predicted molar refractivity (Wildman–Crippen MR) is 93.1 cm³/mol. The van der Waals surface area contributed by atoms with Crippen molar-refractivity contribution in [2.45, 2.75) is 25.4 Å². The minimum Gasteiger partial charge on any atom is -0.322 e. The molecule has 1 saturated carbocycles. The fraction of sp³-hybridized carbons (Fsp3) is 0.235. The van der Waals surface area contributed by atoms with E-state index in [1.807, 2.05) is 17.5 Å². The first-order chi connectivity index (χ1) is 12.1. The van der Waals surface area contributed by atoms with Gasteiger partial charge in [-0.1, -0.05) is 18.2 Å². The van der Waals surface area contributed by atoms with Crippen LogP contribution in [0.1, 0.15) is 18.9 Å². The molecule has 25 heavy (non-hydrogen) atoms. The fourth-order valence-corrected chi connectivity index (χ4v) is 3.35. The largest absolute Gasteiger partial charge is 0.346 e. The zero-order valence-electron chi connectivity index (χ0n) is 13.2. The number of carbonyl (C=O) groups is 1. The van der Waals surface area contributed by atoms with Gasteiger partial charge in [-0.15, -0.1) is 16.4 Å². The minimum atomic E-state index is -0.522. The van der Waals surface area contributed by atoms with Gasteiger partial charge in [-0.05, 0) is 36.4 Å². The van der Waals surface area contributed by atoms with Crippen molar-refractivity contribution in [3.63, 3.8) is 0 Å². The lowest BCUT2D eigenvalue weighted by Crippen LogP contribution is -2.30. The molecule has 1 aliphatic carbocycles. The summed E-state index contributed by atoms with van der Waals surface area (Å²) in [6, 6.07) is 9.84. The van der Waals surface area contributed by atoms with Gasteiger partial charge in [0.1, 0.15) is 12.4 Å². The molecule has 128 valence electrons. The highest BCUT2D eigenvalue weighted by molar-refractivity contribution is 7.13. The Morgan fingerprint density at radius 1 is 1.28 bits per heavy atom. The van der Waals surface area contributed by atoms with Gasteiger partial charge in [0.2, 0.25) is 5.91 Å². The standard InChI is InChI=1S/C17H15FN4O2S/c18-12-4-1-2-5-13(12)19-15(23)10-21-17(24)22(11-7-8-11)16(20-21)14-6-3-9-25-14/h1-6,9,11H,7-8,10H2,(H,19,23). The van der Waals surface area contributed by atoms with E-state index in [1.54, 1.807) is 16.7 Å². The molecule has 0 saturated heterocycles. The summed E-state index contributed by atoms with van der Waals surface area (Å²) in [5.41, 5.74) is -0.227. The van der Waals surface area contributed by atoms with Crippen molar-refractivity contribution in [3.8, 4) is 10.7 Å². The predicted octanol–water partition coefficient (Wildman–Crippen LogP) is 2.89. The topological polar surface area (TPSA) is 68.9 Å². The van der Waals surface area contributed by atoms with Crippen LogP contribution in [-0.4, -0.2) is 20.3 Å². The van der Waals surface area contributed by atoms with E-state index in [4.69, 9.17) is 0 Å².